The summed E-state index contributed by atoms with van der Waals surface area (Å²) >= 11 is 0. The number of methoxy groups -OCH3 is 3. The van der Waals surface area contributed by atoms with Crippen LogP contribution in [0.5, 0.6) is 0 Å². The molecule has 0 fully saturated rings. The van der Waals surface area contributed by atoms with Crippen molar-refractivity contribution in [2.24, 2.45) is 5.73 Å². The number of ether oxygens (including phenoxy) is 3. The molecule has 0 spiro atoms. The Morgan fingerprint density at radius 3 is 2.00 bits per heavy atom. The molecule has 0 aliphatic rings. The third-order valence-corrected chi connectivity index (χ3v) is 2.87. The molecule has 1 amide bonds. The molecule has 126 valence electrons. The summed E-state index contributed by atoms with van der Waals surface area (Å²) in [6, 6.07) is -1.88. The normalized spacial score (nSPS) is 12.7. The van der Waals surface area contributed by atoms with Gasteiger partial charge in [0.2, 0.25) is 5.91 Å². The number of amides is 1. The Kier molecular flexibility index (Phi) is 9.51. The van der Waals surface area contributed by atoms with Crippen LogP contribution in [0.4, 0.5) is 0 Å². The van der Waals surface area contributed by atoms with Crippen molar-refractivity contribution in [3.8, 4) is 0 Å². The van der Waals surface area contributed by atoms with E-state index in [0.717, 1.165) is 0 Å². The van der Waals surface area contributed by atoms with Gasteiger partial charge in [0, 0.05) is 12.8 Å². The minimum atomic E-state index is -0.967. The number of carbonyl (C=O) groups excluding carboxylic acids is 4. The van der Waals surface area contributed by atoms with Crippen LogP contribution >= 0.6 is 0 Å². The van der Waals surface area contributed by atoms with Crippen molar-refractivity contribution >= 4 is 23.8 Å². The number of hydrogen-bond acceptors (Lipinski definition) is 8. The monoisotopic (exact) mass is 320 g/mol. The van der Waals surface area contributed by atoms with Gasteiger partial charge in [0.1, 0.15) is 12.1 Å². The summed E-state index contributed by atoms with van der Waals surface area (Å²) in [7, 11) is 3.59. The van der Waals surface area contributed by atoms with Gasteiger partial charge in [0.25, 0.3) is 0 Å². The fraction of sp³-hybridized carbons (Fsp3) is 0.692. The number of carbonyl (C=O) groups is 4. The maximum atomic E-state index is 11.8. The summed E-state index contributed by atoms with van der Waals surface area (Å²) in [4.78, 5) is 45.5. The second-order valence-corrected chi connectivity index (χ2v) is 4.43. The average Bonchev–Trinajstić information content (AvgIpc) is 2.54. The highest BCUT2D eigenvalue weighted by Crippen LogP contribution is 2.03. The van der Waals surface area contributed by atoms with E-state index in [1.54, 1.807) is 0 Å². The Morgan fingerprint density at radius 2 is 1.50 bits per heavy atom. The standard InChI is InChI=1S/C13H22N2O7/c1-20-11(17)7-5-9(13(19)22-3)15-10(16)6-4-8(14)12(18)21-2/h8-9H,4-7,14H2,1-3H3,(H,15,16)/t8-,9-/m0/s1/i14+1,15+1. The fourth-order valence-corrected chi connectivity index (χ4v) is 1.58. The van der Waals surface area contributed by atoms with E-state index in [1.807, 2.05) is 0 Å². The third-order valence-electron chi connectivity index (χ3n) is 2.87. The second-order valence-electron chi connectivity index (χ2n) is 4.43. The molecule has 0 aromatic rings. The molecule has 0 aromatic carbocycles. The summed E-state index contributed by atoms with van der Waals surface area (Å²) in [5, 5.41) is 2.43. The lowest BCUT2D eigenvalue weighted by Gasteiger charge is -2.16. The van der Waals surface area contributed by atoms with Crippen LogP contribution in [0, 0.1) is 0 Å². The van der Waals surface area contributed by atoms with Crippen LogP contribution in [0.3, 0.4) is 0 Å². The number of esters is 3. The van der Waals surface area contributed by atoms with Crippen LogP contribution in [0.2, 0.25) is 0 Å². The molecule has 9 heteroatoms. The van der Waals surface area contributed by atoms with E-state index in [9.17, 15) is 19.2 Å². The van der Waals surface area contributed by atoms with Gasteiger partial charge in [0.05, 0.1) is 21.3 Å². The molecular weight excluding hydrogens is 298 g/mol. The van der Waals surface area contributed by atoms with Gasteiger partial charge in [-0.3, -0.25) is 14.4 Å². The molecule has 0 aliphatic carbocycles. The molecule has 2 atom stereocenters. The molecule has 0 unspecified atom stereocenters. The van der Waals surface area contributed by atoms with Gasteiger partial charge < -0.3 is 25.3 Å². The van der Waals surface area contributed by atoms with Crippen LogP contribution in [-0.2, 0) is 33.4 Å². The molecule has 0 rings (SSSR count). The van der Waals surface area contributed by atoms with Gasteiger partial charge in [-0.25, -0.2) is 4.79 Å². The van der Waals surface area contributed by atoms with Crippen molar-refractivity contribution in [2.45, 2.75) is 37.8 Å². The first-order valence-electron chi connectivity index (χ1n) is 6.63. The van der Waals surface area contributed by atoms with Crippen LogP contribution in [0.1, 0.15) is 25.7 Å². The molecule has 22 heavy (non-hydrogen) atoms. The first-order chi connectivity index (χ1) is 10.3. The zero-order valence-electron chi connectivity index (χ0n) is 12.9. The lowest BCUT2D eigenvalue weighted by atomic mass is 10.1. The third kappa shape index (κ3) is 7.58. The molecule has 0 heterocycles. The van der Waals surface area contributed by atoms with Gasteiger partial charge in [-0.15, -0.1) is 0 Å². The molecule has 0 saturated carbocycles. The molecule has 0 aromatic heterocycles. The molecule has 0 bridgehead atoms. The highest BCUT2D eigenvalue weighted by Gasteiger charge is 2.23. The van der Waals surface area contributed by atoms with Crippen molar-refractivity contribution < 1.29 is 33.4 Å². The summed E-state index contributed by atoms with van der Waals surface area (Å²) in [6.45, 7) is 0. The quantitative estimate of drug-likeness (QED) is 0.310. The maximum absolute atomic E-state index is 11.8. The fourth-order valence-electron chi connectivity index (χ4n) is 1.58. The summed E-state index contributed by atoms with van der Waals surface area (Å²) in [5.41, 5.74) is 5.50. The van der Waals surface area contributed by atoms with Crippen molar-refractivity contribution in [3.05, 3.63) is 0 Å². The molecule has 0 saturated heterocycles. The average molecular weight is 320 g/mol. The maximum Gasteiger partial charge on any atom is 0.328 e. The van der Waals surface area contributed by atoms with Gasteiger partial charge >= 0.3 is 17.9 Å². The first-order valence-corrected chi connectivity index (χ1v) is 6.63. The van der Waals surface area contributed by atoms with Crippen LogP contribution in [-0.4, -0.2) is 57.2 Å². The topological polar surface area (TPSA) is 134 Å². The van der Waals surface area contributed by atoms with E-state index >= 15 is 0 Å². The Balaban J connectivity index is 4.40. The van der Waals surface area contributed by atoms with E-state index in [2.05, 4.69) is 19.5 Å². The van der Waals surface area contributed by atoms with Gasteiger partial charge in [-0.05, 0) is 12.8 Å². The van der Waals surface area contributed by atoms with Crippen molar-refractivity contribution in [1.29, 1.82) is 0 Å². The summed E-state index contributed by atoms with van der Waals surface area (Å²) in [6.07, 6.45) is 0.0117. The first kappa shape index (κ1) is 19.8. The molecule has 9 nitrogen and oxygen atoms in total. The second kappa shape index (κ2) is 10.6. The lowest BCUT2D eigenvalue weighted by molar-refractivity contribution is -0.147. The van der Waals surface area contributed by atoms with E-state index in [1.165, 1.54) is 21.3 Å². The molecule has 3 N–H and O–H groups in total. The smallest absolute Gasteiger partial charge is 0.328 e. The van der Waals surface area contributed by atoms with Crippen molar-refractivity contribution in [2.75, 3.05) is 21.3 Å². The Morgan fingerprint density at radius 1 is 0.909 bits per heavy atom. The Labute approximate surface area is 128 Å². The predicted octanol–water partition coefficient (Wildman–Crippen LogP) is -1.12. The molecule has 0 aliphatic heterocycles. The van der Waals surface area contributed by atoms with E-state index in [0.29, 0.717) is 0 Å². The zero-order valence-corrected chi connectivity index (χ0v) is 12.9. The highest BCUT2D eigenvalue weighted by atomic mass is 16.5. The lowest BCUT2D eigenvalue weighted by Crippen LogP contribution is -2.42. The van der Waals surface area contributed by atoms with Gasteiger partial charge in [-0.1, -0.05) is 0 Å². The van der Waals surface area contributed by atoms with E-state index in [4.69, 9.17) is 5.73 Å². The van der Waals surface area contributed by atoms with Crippen LogP contribution < -0.4 is 11.1 Å². The predicted molar refractivity (Wildman–Crippen MR) is 74.4 cm³/mol. The van der Waals surface area contributed by atoms with Crippen LogP contribution in [0.15, 0.2) is 0 Å². The van der Waals surface area contributed by atoms with Gasteiger partial charge in [0.15, 0.2) is 0 Å². The Hall–Kier alpha value is -2.16. The largest absolute Gasteiger partial charge is 0.469 e. The SMILES string of the molecule is COC(=O)CC[C@H]([15NH]C(=O)CC[C@H]([15NH2])C(=O)OC)C(=O)OC. The van der Waals surface area contributed by atoms with Gasteiger partial charge in [-0.2, -0.15) is 0 Å². The zero-order chi connectivity index (χ0) is 17.1. The minimum absolute atomic E-state index is 0.0434. The van der Waals surface area contributed by atoms with Crippen LogP contribution in [0.25, 0.3) is 0 Å². The number of rotatable bonds is 9. The number of nitrogens with one attached hydrogen (secondary N) is 1. The molecular formula is C13H22N2O7. The molecule has 0 radical (unpaired) electrons. The highest BCUT2D eigenvalue weighted by molar-refractivity contribution is 5.85. The number of hydrogen-bond donors (Lipinski definition) is 2. The van der Waals surface area contributed by atoms with E-state index in [-0.39, 0.29) is 25.7 Å². The summed E-state index contributed by atoms with van der Waals surface area (Å²) in [5.74, 6) is -2.28. The minimum Gasteiger partial charge on any atom is -0.469 e. The number of nitrogens with two attached hydrogens (primary N) is 1. The van der Waals surface area contributed by atoms with Crippen molar-refractivity contribution in [1.82, 2.24) is 5.32 Å². The summed E-state index contributed by atoms with van der Waals surface area (Å²) < 4.78 is 13.5. The van der Waals surface area contributed by atoms with E-state index < -0.39 is 35.9 Å². The van der Waals surface area contributed by atoms with Crippen molar-refractivity contribution in [3.63, 3.8) is 0 Å². The Bertz CT molecular complexity index is 411.